The number of ether oxygens (including phenoxy) is 2. The van der Waals surface area contributed by atoms with Crippen molar-refractivity contribution in [2.45, 2.75) is 43.2 Å². The smallest absolute Gasteiger partial charge is 0.408 e. The number of hydrogen-bond donors (Lipinski definition) is 3. The number of aliphatic carboxylic acids is 1. The van der Waals surface area contributed by atoms with Gasteiger partial charge in [-0.05, 0) is 35.1 Å². The van der Waals surface area contributed by atoms with Gasteiger partial charge in [0.15, 0.2) is 0 Å². The van der Waals surface area contributed by atoms with Crippen molar-refractivity contribution in [3.8, 4) is 11.1 Å². The van der Waals surface area contributed by atoms with E-state index < -0.39 is 29.6 Å². The molecule has 0 bridgehead atoms. The Morgan fingerprint density at radius 3 is 2.18 bits per heavy atom. The van der Waals surface area contributed by atoms with E-state index in [1.54, 1.807) is 0 Å². The molecule has 3 N–H and O–H groups in total. The summed E-state index contributed by atoms with van der Waals surface area (Å²) in [5.41, 5.74) is 5.40. The molecule has 9 heteroatoms. The molecule has 180 valence electrons. The second-order valence-electron chi connectivity index (χ2n) is 8.57. The van der Waals surface area contributed by atoms with Crippen molar-refractivity contribution >= 4 is 18.0 Å². The zero-order chi connectivity index (χ0) is 24.1. The SMILES string of the molecule is COCC(ONC(=O)C1(NC(=O)OCC2c3ccccc3-c3ccccc32)CCCC1)C(=O)O. The number of carbonyl (C=O) groups is 3. The van der Waals surface area contributed by atoms with Gasteiger partial charge in [-0.15, -0.1) is 0 Å². The van der Waals surface area contributed by atoms with Crippen molar-refractivity contribution in [2.24, 2.45) is 0 Å². The molecule has 0 aromatic heterocycles. The minimum atomic E-state index is -1.36. The number of nitrogens with one attached hydrogen (secondary N) is 2. The Bertz CT molecular complexity index is 1020. The number of fused-ring (bicyclic) bond motifs is 3. The molecule has 2 amide bonds. The fourth-order valence-corrected chi connectivity index (χ4v) is 4.75. The predicted molar refractivity (Wildman–Crippen MR) is 122 cm³/mol. The minimum absolute atomic E-state index is 0.0970. The molecule has 2 aliphatic rings. The van der Waals surface area contributed by atoms with Crippen LogP contribution in [0, 0.1) is 0 Å². The summed E-state index contributed by atoms with van der Waals surface area (Å²) in [5.74, 6) is -1.98. The van der Waals surface area contributed by atoms with Gasteiger partial charge < -0.3 is 19.9 Å². The van der Waals surface area contributed by atoms with Crippen LogP contribution in [0.1, 0.15) is 42.7 Å². The molecular formula is C25H28N2O7. The summed E-state index contributed by atoms with van der Waals surface area (Å²) >= 11 is 0. The second-order valence-corrected chi connectivity index (χ2v) is 8.57. The van der Waals surface area contributed by atoms with Crippen molar-refractivity contribution in [3.63, 3.8) is 0 Å². The molecule has 2 aromatic rings. The van der Waals surface area contributed by atoms with Crippen LogP contribution in [0.5, 0.6) is 0 Å². The van der Waals surface area contributed by atoms with E-state index in [4.69, 9.17) is 19.4 Å². The first kappa shape index (κ1) is 23.7. The summed E-state index contributed by atoms with van der Waals surface area (Å²) in [7, 11) is 1.33. The lowest BCUT2D eigenvalue weighted by atomic mass is 9.97. The van der Waals surface area contributed by atoms with Gasteiger partial charge in [0, 0.05) is 13.0 Å². The van der Waals surface area contributed by atoms with Crippen LogP contribution in [0.15, 0.2) is 48.5 Å². The average molecular weight is 469 g/mol. The quantitative estimate of drug-likeness (QED) is 0.484. The van der Waals surface area contributed by atoms with Crippen LogP contribution in [-0.4, -0.2) is 55.0 Å². The highest BCUT2D eigenvalue weighted by atomic mass is 16.7. The van der Waals surface area contributed by atoms with E-state index >= 15 is 0 Å². The van der Waals surface area contributed by atoms with Gasteiger partial charge in [-0.2, -0.15) is 0 Å². The highest BCUT2D eigenvalue weighted by Crippen LogP contribution is 2.44. The topological polar surface area (TPSA) is 123 Å². The summed E-state index contributed by atoms with van der Waals surface area (Å²) in [6.45, 7) is -0.106. The molecule has 4 rings (SSSR count). The van der Waals surface area contributed by atoms with Crippen molar-refractivity contribution in [1.29, 1.82) is 0 Å². The Morgan fingerprint density at radius 2 is 1.62 bits per heavy atom. The Labute approximate surface area is 197 Å². The number of carboxylic acid groups (broad SMARTS) is 1. The van der Waals surface area contributed by atoms with Crippen molar-refractivity contribution in [2.75, 3.05) is 20.3 Å². The Kier molecular flexibility index (Phi) is 7.14. The van der Waals surface area contributed by atoms with Crippen molar-refractivity contribution in [1.82, 2.24) is 10.8 Å². The first-order valence-electron chi connectivity index (χ1n) is 11.3. The fourth-order valence-electron chi connectivity index (χ4n) is 4.75. The van der Waals surface area contributed by atoms with Gasteiger partial charge in [-0.3, -0.25) is 9.63 Å². The van der Waals surface area contributed by atoms with Gasteiger partial charge in [0.2, 0.25) is 6.10 Å². The van der Waals surface area contributed by atoms with Gasteiger partial charge in [0.05, 0.1) is 6.61 Å². The van der Waals surface area contributed by atoms with E-state index in [-0.39, 0.29) is 19.1 Å². The molecule has 1 unspecified atom stereocenters. The number of carbonyl (C=O) groups excluding carboxylic acids is 2. The van der Waals surface area contributed by atoms with Crippen LogP contribution in [0.4, 0.5) is 4.79 Å². The van der Waals surface area contributed by atoms with Gasteiger partial charge >= 0.3 is 12.1 Å². The largest absolute Gasteiger partial charge is 0.479 e. The van der Waals surface area contributed by atoms with Gasteiger partial charge in [0.1, 0.15) is 12.1 Å². The number of hydrogen-bond acceptors (Lipinski definition) is 6. The Balaban J connectivity index is 1.40. The number of amides is 2. The number of carboxylic acids is 1. The summed E-state index contributed by atoms with van der Waals surface area (Å²) < 4.78 is 10.4. The van der Waals surface area contributed by atoms with Crippen LogP contribution < -0.4 is 10.8 Å². The molecular weight excluding hydrogens is 440 g/mol. The van der Waals surface area contributed by atoms with E-state index in [9.17, 15) is 14.4 Å². The Hall–Kier alpha value is -3.43. The van der Waals surface area contributed by atoms with E-state index in [2.05, 4.69) is 22.9 Å². The zero-order valence-corrected chi connectivity index (χ0v) is 18.9. The minimum Gasteiger partial charge on any atom is -0.479 e. The summed E-state index contributed by atoms with van der Waals surface area (Å²) in [6, 6.07) is 16.1. The van der Waals surface area contributed by atoms with Crippen molar-refractivity contribution < 1.29 is 33.8 Å². The summed E-state index contributed by atoms with van der Waals surface area (Å²) in [6.07, 6.45) is 0.199. The van der Waals surface area contributed by atoms with E-state index in [1.807, 2.05) is 36.4 Å². The third-order valence-electron chi connectivity index (χ3n) is 6.46. The predicted octanol–water partition coefficient (Wildman–Crippen LogP) is 2.99. The lowest BCUT2D eigenvalue weighted by Gasteiger charge is -2.29. The Morgan fingerprint density at radius 1 is 1.03 bits per heavy atom. The number of alkyl carbamates (subject to hydrolysis) is 1. The highest BCUT2D eigenvalue weighted by molar-refractivity contribution is 5.90. The summed E-state index contributed by atoms with van der Waals surface area (Å²) in [4.78, 5) is 41.9. The molecule has 1 fully saturated rings. The van der Waals surface area contributed by atoms with Gasteiger partial charge in [-0.25, -0.2) is 15.1 Å². The zero-order valence-electron chi connectivity index (χ0n) is 18.9. The molecule has 0 radical (unpaired) electrons. The molecule has 0 spiro atoms. The van der Waals surface area contributed by atoms with Crippen LogP contribution >= 0.6 is 0 Å². The molecule has 0 heterocycles. The van der Waals surface area contributed by atoms with E-state index in [1.165, 1.54) is 7.11 Å². The maximum Gasteiger partial charge on any atom is 0.408 e. The fraction of sp³-hybridized carbons (Fsp3) is 0.400. The lowest BCUT2D eigenvalue weighted by molar-refractivity contribution is -0.167. The molecule has 2 aromatic carbocycles. The normalized spacial score (nSPS) is 16.9. The van der Waals surface area contributed by atoms with Gasteiger partial charge in [-0.1, -0.05) is 61.4 Å². The number of hydroxylamine groups is 1. The molecule has 0 aliphatic heterocycles. The number of benzene rings is 2. The molecule has 9 nitrogen and oxygen atoms in total. The second kappa shape index (κ2) is 10.2. The van der Waals surface area contributed by atoms with Gasteiger partial charge in [0.25, 0.3) is 5.91 Å². The van der Waals surface area contributed by atoms with Crippen LogP contribution in [0.2, 0.25) is 0 Å². The first-order chi connectivity index (χ1) is 16.4. The van der Waals surface area contributed by atoms with E-state index in [0.29, 0.717) is 12.8 Å². The van der Waals surface area contributed by atoms with Crippen LogP contribution in [0.25, 0.3) is 11.1 Å². The maximum atomic E-state index is 12.9. The number of rotatable bonds is 9. The molecule has 34 heavy (non-hydrogen) atoms. The molecule has 1 atom stereocenters. The number of methoxy groups -OCH3 is 1. The van der Waals surface area contributed by atoms with Crippen LogP contribution in [-0.2, 0) is 23.9 Å². The molecule has 2 aliphatic carbocycles. The maximum absolute atomic E-state index is 12.9. The monoisotopic (exact) mass is 468 g/mol. The van der Waals surface area contributed by atoms with Crippen molar-refractivity contribution in [3.05, 3.63) is 59.7 Å². The van der Waals surface area contributed by atoms with Crippen LogP contribution in [0.3, 0.4) is 0 Å². The molecule has 1 saturated carbocycles. The highest BCUT2D eigenvalue weighted by Gasteiger charge is 2.44. The summed E-state index contributed by atoms with van der Waals surface area (Å²) in [5, 5.41) is 11.9. The third kappa shape index (κ3) is 4.76. The lowest BCUT2D eigenvalue weighted by Crippen LogP contribution is -2.58. The first-order valence-corrected chi connectivity index (χ1v) is 11.3. The molecule has 0 saturated heterocycles. The average Bonchev–Trinajstić information content (AvgIpc) is 3.43. The third-order valence-corrected chi connectivity index (χ3v) is 6.46. The van der Waals surface area contributed by atoms with E-state index in [0.717, 1.165) is 35.1 Å². The standard InChI is InChI=1S/C25H28N2O7/c1-32-15-21(22(28)29)34-27-23(30)25(12-6-7-13-25)26-24(31)33-14-20-18-10-4-2-8-16(18)17-9-3-5-11-19(17)20/h2-5,8-11,20-21H,6-7,12-15H2,1H3,(H,26,31)(H,27,30)(H,28,29).